The van der Waals surface area contributed by atoms with Gasteiger partial charge in [-0.15, -0.1) is 0 Å². The van der Waals surface area contributed by atoms with Crippen molar-refractivity contribution in [3.8, 4) is 0 Å². The molecule has 0 radical (unpaired) electrons. The van der Waals surface area contributed by atoms with Gasteiger partial charge in [-0.05, 0) is 38.5 Å². The van der Waals surface area contributed by atoms with Gasteiger partial charge in [0.2, 0.25) is 0 Å². The summed E-state index contributed by atoms with van der Waals surface area (Å²) < 4.78 is 37.2. The van der Waals surface area contributed by atoms with Crippen LogP contribution in [0.3, 0.4) is 0 Å². The first kappa shape index (κ1) is 75.9. The Bertz CT molecular complexity index is 1050. The molecule has 0 saturated carbocycles. The molecule has 4 nitrogen and oxygen atoms in total. The van der Waals surface area contributed by atoms with E-state index in [1.54, 1.807) is 0 Å². The van der Waals surface area contributed by atoms with Crippen LogP contribution in [-0.2, 0) is 10.1 Å². The zero-order valence-corrected chi connectivity index (χ0v) is 54.0. The summed E-state index contributed by atoms with van der Waals surface area (Å²) in [5.74, 6) is -0.190. The predicted octanol–water partition coefficient (Wildman–Crippen LogP) is 25.0. The molecule has 0 aliphatic carbocycles. The summed E-state index contributed by atoms with van der Waals surface area (Å²) in [6.45, 7) is 10.6. The Kier molecular flexibility index (Phi) is 63.9. The molecule has 0 aromatic rings. The number of quaternary nitrogens is 1. The van der Waals surface area contributed by atoms with E-state index in [4.69, 9.17) is 0 Å². The molecular weight excluding hydrogens is 947 g/mol. The van der Waals surface area contributed by atoms with Crippen LogP contribution < -0.4 is 0 Å². The molecule has 0 heterocycles. The maximum atomic E-state index is 12.1. The summed E-state index contributed by atoms with van der Waals surface area (Å²) in [6.07, 6.45) is 88.0. The summed E-state index contributed by atoms with van der Waals surface area (Å²) in [7, 11) is -4.22. The lowest BCUT2D eigenvalue weighted by Gasteiger charge is -2.40. The number of unbranched alkanes of at least 4 members (excludes halogenated alkanes) is 60. The van der Waals surface area contributed by atoms with Crippen LogP contribution in [-0.4, -0.2) is 49.4 Å². The highest BCUT2D eigenvalue weighted by atomic mass is 32.2. The Hall–Kier alpha value is -0.130. The molecule has 0 aliphatic rings. The van der Waals surface area contributed by atoms with Crippen molar-refractivity contribution in [1.29, 1.82) is 0 Å². The van der Waals surface area contributed by atoms with Crippen LogP contribution in [0, 0.1) is 0 Å². The van der Waals surface area contributed by atoms with E-state index in [1.165, 1.54) is 405 Å². The second kappa shape index (κ2) is 64.0. The minimum Gasteiger partial charge on any atom is -0.748 e. The highest BCUT2D eigenvalue weighted by molar-refractivity contribution is 7.85. The first-order valence-corrected chi connectivity index (χ1v) is 37.8. The Morgan fingerprint density at radius 1 is 0.197 bits per heavy atom. The third-order valence-corrected chi connectivity index (χ3v) is 18.7. The Labute approximate surface area is 482 Å². The summed E-state index contributed by atoms with van der Waals surface area (Å²) in [4.78, 5) is 0. The molecule has 5 heteroatoms. The Morgan fingerprint density at radius 3 is 0.434 bits per heavy atom. The van der Waals surface area contributed by atoms with Crippen molar-refractivity contribution in [3.05, 3.63) is 0 Å². The fourth-order valence-electron chi connectivity index (χ4n) is 12.6. The van der Waals surface area contributed by atoms with Gasteiger partial charge >= 0.3 is 0 Å². The van der Waals surface area contributed by atoms with Gasteiger partial charge in [0.15, 0.2) is 0 Å². The van der Waals surface area contributed by atoms with Gasteiger partial charge < -0.3 is 9.04 Å². The van der Waals surface area contributed by atoms with Crippen molar-refractivity contribution >= 4 is 10.1 Å². The van der Waals surface area contributed by atoms with Crippen LogP contribution in [0.5, 0.6) is 0 Å². The van der Waals surface area contributed by atoms with E-state index in [1.807, 2.05) is 0 Å². The SMILES string of the molecule is CCCCCCCCCCCCCCCCCCCCCCC[N+](CCCCCCCCCCCCCCCCCCCCCCC)(CCCCCCCCCCCCCCCCCCCCCCC)CCS(=O)(=O)[O-]. The minimum atomic E-state index is -4.22. The summed E-state index contributed by atoms with van der Waals surface area (Å²) in [5.41, 5.74) is 0. The summed E-state index contributed by atoms with van der Waals surface area (Å²) in [6, 6.07) is 0. The van der Waals surface area contributed by atoms with Crippen LogP contribution >= 0.6 is 0 Å². The number of nitrogens with zero attached hydrogens (tertiary/aromatic N) is 1. The topological polar surface area (TPSA) is 57.2 Å². The molecule has 0 bridgehead atoms. The molecule has 0 fully saturated rings. The van der Waals surface area contributed by atoms with E-state index >= 15 is 0 Å². The second-order valence-electron chi connectivity index (χ2n) is 25.7. The molecule has 0 unspecified atom stereocenters. The quantitative estimate of drug-likeness (QED) is 0.0346. The fraction of sp³-hybridized carbons (Fsp3) is 1.00. The molecule has 0 rings (SSSR count). The van der Waals surface area contributed by atoms with Gasteiger partial charge in [-0.25, -0.2) is 8.42 Å². The number of hydrogen-bond acceptors (Lipinski definition) is 3. The molecule has 0 aromatic heterocycles. The average Bonchev–Trinajstić information content (AvgIpc) is 3.41. The molecule has 0 amide bonds. The monoisotopic (exact) mass is 1090 g/mol. The average molecular weight is 1090 g/mol. The van der Waals surface area contributed by atoms with E-state index in [0.29, 0.717) is 6.54 Å². The Balaban J connectivity index is 4.53. The maximum absolute atomic E-state index is 12.1. The van der Waals surface area contributed by atoms with Crippen LogP contribution in [0.4, 0.5) is 0 Å². The first-order valence-electron chi connectivity index (χ1n) is 36.2. The molecule has 0 aromatic carbocycles. The highest BCUT2D eigenvalue weighted by Crippen LogP contribution is 2.22. The van der Waals surface area contributed by atoms with Crippen molar-refractivity contribution in [2.45, 2.75) is 425 Å². The van der Waals surface area contributed by atoms with Crippen molar-refractivity contribution in [3.63, 3.8) is 0 Å². The molecule has 458 valence electrons. The van der Waals surface area contributed by atoms with Gasteiger partial charge in [0, 0.05) is 0 Å². The lowest BCUT2D eigenvalue weighted by Crippen LogP contribution is -2.52. The molecule has 0 N–H and O–H groups in total. The van der Waals surface area contributed by atoms with Gasteiger partial charge in [0.25, 0.3) is 0 Å². The van der Waals surface area contributed by atoms with Gasteiger partial charge in [-0.2, -0.15) is 0 Å². The molecule has 0 spiro atoms. The van der Waals surface area contributed by atoms with E-state index in [2.05, 4.69) is 20.8 Å². The molecule has 76 heavy (non-hydrogen) atoms. The van der Waals surface area contributed by atoms with E-state index in [9.17, 15) is 13.0 Å². The normalized spacial score (nSPS) is 12.2. The summed E-state index contributed by atoms with van der Waals surface area (Å²) >= 11 is 0. The highest BCUT2D eigenvalue weighted by Gasteiger charge is 2.27. The van der Waals surface area contributed by atoms with Crippen LogP contribution in [0.1, 0.15) is 425 Å². The van der Waals surface area contributed by atoms with Gasteiger partial charge in [0.05, 0.1) is 31.9 Å². The van der Waals surface area contributed by atoms with Crippen molar-refractivity contribution in [2.75, 3.05) is 31.9 Å². The Morgan fingerprint density at radius 2 is 0.316 bits per heavy atom. The first-order chi connectivity index (χ1) is 37.4. The van der Waals surface area contributed by atoms with E-state index in [-0.39, 0.29) is 5.75 Å². The minimum absolute atomic E-state index is 0.190. The van der Waals surface area contributed by atoms with Crippen LogP contribution in [0.2, 0.25) is 0 Å². The molecule has 0 aliphatic heterocycles. The van der Waals surface area contributed by atoms with Crippen LogP contribution in [0.25, 0.3) is 0 Å². The number of hydrogen-bond donors (Lipinski definition) is 0. The molecular formula is C71H145NO3S. The van der Waals surface area contributed by atoms with E-state index < -0.39 is 10.1 Å². The predicted molar refractivity (Wildman–Crippen MR) is 342 cm³/mol. The van der Waals surface area contributed by atoms with Crippen molar-refractivity contribution in [2.24, 2.45) is 0 Å². The zero-order chi connectivity index (χ0) is 55.1. The lowest BCUT2D eigenvalue weighted by molar-refractivity contribution is -0.926. The standard InChI is InChI=1S/C71H145NO3S/c1-4-7-10-13-16-19-22-25-28-31-34-37-40-43-46-49-52-55-58-61-64-67-72(70-71-76(73,74)75,68-65-62-59-56-53-50-47-44-41-38-35-32-29-26-23-20-17-14-11-8-5-2)69-66-63-60-57-54-51-48-45-42-39-36-33-30-27-24-21-18-15-12-9-6-3/h4-71H2,1-3H3. The summed E-state index contributed by atoms with van der Waals surface area (Å²) in [5, 5.41) is 0. The fourth-order valence-corrected chi connectivity index (χ4v) is 13.2. The van der Waals surface area contributed by atoms with Gasteiger partial charge in [-0.1, -0.05) is 387 Å². The second-order valence-corrected chi connectivity index (χ2v) is 27.2. The number of rotatable bonds is 69. The lowest BCUT2D eigenvalue weighted by atomic mass is 10.0. The van der Waals surface area contributed by atoms with E-state index in [0.717, 1.165) is 24.1 Å². The molecule has 0 atom stereocenters. The maximum Gasteiger partial charge on any atom is 0.100 e. The molecule has 0 saturated heterocycles. The van der Waals surface area contributed by atoms with Gasteiger partial charge in [-0.3, -0.25) is 0 Å². The third kappa shape index (κ3) is 63.1. The van der Waals surface area contributed by atoms with Crippen molar-refractivity contribution < 1.29 is 17.5 Å². The van der Waals surface area contributed by atoms with Gasteiger partial charge in [0.1, 0.15) is 10.1 Å². The third-order valence-electron chi connectivity index (χ3n) is 18.0. The smallest absolute Gasteiger partial charge is 0.100 e. The van der Waals surface area contributed by atoms with Crippen LogP contribution in [0.15, 0.2) is 0 Å². The largest absolute Gasteiger partial charge is 0.748 e. The zero-order valence-electron chi connectivity index (χ0n) is 53.2. The van der Waals surface area contributed by atoms with Crippen molar-refractivity contribution in [1.82, 2.24) is 0 Å².